The number of carbonyl (C=O) groups excluding carboxylic acids is 3. The van der Waals surface area contributed by atoms with Crippen molar-refractivity contribution in [2.75, 3.05) is 17.5 Å². The first-order chi connectivity index (χ1) is 17.8. The summed E-state index contributed by atoms with van der Waals surface area (Å²) in [7, 11) is 0. The van der Waals surface area contributed by atoms with E-state index in [4.69, 9.17) is 9.47 Å². The van der Waals surface area contributed by atoms with Gasteiger partial charge >= 0.3 is 11.8 Å². The lowest BCUT2D eigenvalue weighted by Gasteiger charge is -2.13. The molecule has 1 aromatic heterocycles. The maximum absolute atomic E-state index is 13.2. The molecule has 0 fully saturated rings. The molecule has 188 valence electrons. The Kier molecular flexibility index (Phi) is 6.90. The van der Waals surface area contributed by atoms with E-state index in [0.29, 0.717) is 28.1 Å². The number of aromatic nitrogens is 1. The van der Waals surface area contributed by atoms with Crippen molar-refractivity contribution in [3.05, 3.63) is 86.4 Å². The topological polar surface area (TPSA) is 111 Å². The molecule has 0 spiro atoms. The van der Waals surface area contributed by atoms with Gasteiger partial charge in [0.2, 0.25) is 6.79 Å². The van der Waals surface area contributed by atoms with E-state index < -0.39 is 17.7 Å². The fourth-order valence-electron chi connectivity index (χ4n) is 3.85. The zero-order valence-corrected chi connectivity index (χ0v) is 22.6. The number of fused-ring (bicyclic) bond motifs is 2. The average molecular weight is 628 g/mol. The first-order valence-corrected chi connectivity index (χ1v) is 12.7. The number of ether oxygens (including phenoxy) is 2. The number of halogens is 2. The largest absolute Gasteiger partial charge is 0.454 e. The first kappa shape index (κ1) is 24.8. The van der Waals surface area contributed by atoms with Crippen LogP contribution in [0.1, 0.15) is 21.6 Å². The Hall–Kier alpha value is -3.83. The minimum atomic E-state index is -0.924. The smallest absolute Gasteiger partial charge is 0.328 e. The van der Waals surface area contributed by atoms with Crippen LogP contribution in [0.5, 0.6) is 11.5 Å². The van der Waals surface area contributed by atoms with Gasteiger partial charge in [0.05, 0.1) is 11.2 Å². The third-order valence-corrected chi connectivity index (χ3v) is 6.83. The molecule has 0 atom stereocenters. The summed E-state index contributed by atoms with van der Waals surface area (Å²) in [6.07, 6.45) is 0. The Balaban J connectivity index is 1.35. The first-order valence-electron chi connectivity index (χ1n) is 11.1. The van der Waals surface area contributed by atoms with Gasteiger partial charge < -0.3 is 20.1 Å². The number of hydrogen-bond donors (Lipinski definition) is 3. The number of nitrogens with one attached hydrogen (secondary N) is 3. The Labute approximate surface area is 228 Å². The Morgan fingerprint density at radius 2 is 1.73 bits per heavy atom. The second kappa shape index (κ2) is 10.3. The highest BCUT2D eigenvalue weighted by molar-refractivity contribution is 9.10. The SMILES string of the molecule is Cc1ccc(NC(=O)c2cc3cc(Br)ccc3n2NC(=O)C(=O)NCc2ccc3c(c2)OCO3)c(Br)c1. The van der Waals surface area contributed by atoms with E-state index in [1.807, 2.05) is 25.1 Å². The quantitative estimate of drug-likeness (QED) is 0.274. The van der Waals surface area contributed by atoms with Crippen molar-refractivity contribution in [3.63, 3.8) is 0 Å². The standard InChI is InChI=1S/C26H20Br2N4O5/c1-14-2-5-19(18(28)8-14)30-24(33)21-11-16-10-17(27)4-6-20(16)32(21)31-26(35)25(34)29-12-15-3-7-22-23(9-15)37-13-36-22/h2-11H,12-13H2,1H3,(H,29,34)(H,30,33)(H,31,35). The van der Waals surface area contributed by atoms with Crippen molar-refractivity contribution >= 4 is 66.2 Å². The molecule has 0 unspecified atom stereocenters. The molecule has 3 amide bonds. The highest BCUT2D eigenvalue weighted by atomic mass is 79.9. The van der Waals surface area contributed by atoms with Crippen LogP contribution in [0.3, 0.4) is 0 Å². The highest BCUT2D eigenvalue weighted by Crippen LogP contribution is 2.32. The maximum atomic E-state index is 13.2. The van der Waals surface area contributed by atoms with Gasteiger partial charge in [-0.15, -0.1) is 0 Å². The number of aryl methyl sites for hydroxylation is 1. The van der Waals surface area contributed by atoms with Crippen LogP contribution >= 0.6 is 31.9 Å². The molecule has 5 rings (SSSR count). The molecular weight excluding hydrogens is 608 g/mol. The molecule has 2 heterocycles. The number of benzene rings is 3. The second-order valence-electron chi connectivity index (χ2n) is 8.32. The summed E-state index contributed by atoms with van der Waals surface area (Å²) in [5, 5.41) is 6.13. The summed E-state index contributed by atoms with van der Waals surface area (Å²) < 4.78 is 13.5. The normalized spacial score (nSPS) is 11.9. The number of carbonyl (C=O) groups is 3. The summed E-state index contributed by atoms with van der Waals surface area (Å²) in [6.45, 7) is 2.20. The molecule has 0 radical (unpaired) electrons. The monoisotopic (exact) mass is 626 g/mol. The molecule has 0 aliphatic carbocycles. The van der Waals surface area contributed by atoms with E-state index in [9.17, 15) is 14.4 Å². The zero-order valence-electron chi connectivity index (χ0n) is 19.4. The third-order valence-electron chi connectivity index (χ3n) is 5.68. The number of anilines is 1. The van der Waals surface area contributed by atoms with Crippen molar-refractivity contribution in [2.45, 2.75) is 13.5 Å². The molecule has 0 bridgehead atoms. The van der Waals surface area contributed by atoms with E-state index in [-0.39, 0.29) is 19.0 Å². The van der Waals surface area contributed by atoms with Gasteiger partial charge in [0.1, 0.15) is 5.69 Å². The maximum Gasteiger partial charge on any atom is 0.328 e. The fraction of sp³-hybridized carbons (Fsp3) is 0.115. The lowest BCUT2D eigenvalue weighted by atomic mass is 10.2. The van der Waals surface area contributed by atoms with Crippen LogP contribution in [-0.2, 0) is 16.1 Å². The van der Waals surface area contributed by atoms with Crippen LogP contribution in [0, 0.1) is 6.92 Å². The molecule has 1 aliphatic rings. The molecule has 0 saturated heterocycles. The third kappa shape index (κ3) is 5.32. The van der Waals surface area contributed by atoms with Gasteiger partial charge in [-0.3, -0.25) is 19.8 Å². The van der Waals surface area contributed by atoms with Crippen LogP contribution in [0.15, 0.2) is 69.6 Å². The predicted molar refractivity (Wildman–Crippen MR) is 145 cm³/mol. The molecule has 4 aromatic rings. The zero-order chi connectivity index (χ0) is 26.1. The van der Waals surface area contributed by atoms with Crippen molar-refractivity contribution < 1.29 is 23.9 Å². The molecular formula is C26H20Br2N4O5. The summed E-state index contributed by atoms with van der Waals surface area (Å²) in [5.74, 6) is -1.03. The van der Waals surface area contributed by atoms with E-state index in [1.54, 1.807) is 42.5 Å². The lowest BCUT2D eigenvalue weighted by Crippen LogP contribution is -2.39. The lowest BCUT2D eigenvalue weighted by molar-refractivity contribution is -0.136. The van der Waals surface area contributed by atoms with Crippen molar-refractivity contribution in [2.24, 2.45) is 0 Å². The Bertz CT molecular complexity index is 1570. The van der Waals surface area contributed by atoms with Crippen LogP contribution < -0.4 is 25.5 Å². The van der Waals surface area contributed by atoms with Crippen LogP contribution in [-0.4, -0.2) is 29.2 Å². The summed E-state index contributed by atoms with van der Waals surface area (Å²) in [4.78, 5) is 38.7. The van der Waals surface area contributed by atoms with Gasteiger partial charge in [-0.2, -0.15) is 0 Å². The Morgan fingerprint density at radius 1 is 0.919 bits per heavy atom. The van der Waals surface area contributed by atoms with Gasteiger partial charge in [0, 0.05) is 20.9 Å². The minimum Gasteiger partial charge on any atom is -0.454 e. The highest BCUT2D eigenvalue weighted by Gasteiger charge is 2.22. The van der Waals surface area contributed by atoms with E-state index in [2.05, 4.69) is 47.9 Å². The summed E-state index contributed by atoms with van der Waals surface area (Å²) in [6, 6.07) is 17.8. The van der Waals surface area contributed by atoms with Gasteiger partial charge in [-0.25, -0.2) is 4.68 Å². The molecule has 37 heavy (non-hydrogen) atoms. The molecule has 9 nitrogen and oxygen atoms in total. The van der Waals surface area contributed by atoms with Crippen LogP contribution in [0.25, 0.3) is 10.9 Å². The van der Waals surface area contributed by atoms with Crippen LogP contribution in [0.2, 0.25) is 0 Å². The van der Waals surface area contributed by atoms with Gasteiger partial charge in [-0.1, -0.05) is 28.1 Å². The van der Waals surface area contributed by atoms with E-state index in [0.717, 1.165) is 20.1 Å². The molecule has 0 saturated carbocycles. The molecule has 3 aromatic carbocycles. The van der Waals surface area contributed by atoms with Crippen LogP contribution in [0.4, 0.5) is 5.69 Å². The van der Waals surface area contributed by atoms with Gasteiger partial charge in [0.15, 0.2) is 11.5 Å². The van der Waals surface area contributed by atoms with Crippen molar-refractivity contribution in [1.29, 1.82) is 0 Å². The van der Waals surface area contributed by atoms with Gasteiger partial charge in [-0.05, 0) is 82.5 Å². The second-order valence-corrected chi connectivity index (χ2v) is 10.1. The molecule has 3 N–H and O–H groups in total. The predicted octanol–water partition coefficient (Wildman–Crippen LogP) is 4.84. The van der Waals surface area contributed by atoms with E-state index >= 15 is 0 Å². The number of amides is 3. The van der Waals surface area contributed by atoms with Crippen molar-refractivity contribution in [1.82, 2.24) is 9.99 Å². The van der Waals surface area contributed by atoms with Gasteiger partial charge in [0.25, 0.3) is 5.91 Å². The fourth-order valence-corrected chi connectivity index (χ4v) is 4.82. The minimum absolute atomic E-state index is 0.108. The molecule has 1 aliphatic heterocycles. The summed E-state index contributed by atoms with van der Waals surface area (Å²) >= 11 is 6.88. The Morgan fingerprint density at radius 3 is 2.54 bits per heavy atom. The average Bonchev–Trinajstić information content (AvgIpc) is 3.48. The number of nitrogens with zero attached hydrogens (tertiary/aromatic N) is 1. The van der Waals surface area contributed by atoms with Crippen molar-refractivity contribution in [3.8, 4) is 11.5 Å². The number of rotatable bonds is 5. The number of hydrogen-bond acceptors (Lipinski definition) is 5. The summed E-state index contributed by atoms with van der Waals surface area (Å²) in [5.41, 5.74) is 5.60. The molecule has 11 heteroatoms. The van der Waals surface area contributed by atoms with E-state index in [1.165, 1.54) is 4.68 Å².